The largest absolute Gasteiger partial charge is 0.355 e. The fourth-order valence-corrected chi connectivity index (χ4v) is 5.15. The van der Waals surface area contributed by atoms with Crippen LogP contribution in [-0.4, -0.2) is 41.2 Å². The van der Waals surface area contributed by atoms with Gasteiger partial charge in [-0.3, -0.25) is 9.59 Å². The summed E-state index contributed by atoms with van der Waals surface area (Å²) >= 11 is 13.7. The molecule has 0 saturated carbocycles. The standard InChI is InChI=1S/C23H22Cl2N4O2S/c1-13-19(22(31)26-2)20(29-10-3-11-32-23(29)27-13)14-4-7-16(8-5-14)28-21(30)15-6-9-17(24)18(25)12-15/h4-9,12,20H,3,10-11H2,1-2H3,(H,26,31)(H,28,30). The number of thioether (sulfide) groups is 1. The SMILES string of the molecule is CNC(=O)C1=C(C)N=C2SCCCN2C1c1ccc(NC(=O)c2ccc(Cl)c(Cl)c2)cc1. The minimum Gasteiger partial charge on any atom is -0.355 e. The number of amidine groups is 1. The molecular weight excluding hydrogens is 467 g/mol. The van der Waals surface area contributed by atoms with Crippen LogP contribution in [0.3, 0.4) is 0 Å². The molecule has 32 heavy (non-hydrogen) atoms. The molecule has 0 aliphatic carbocycles. The van der Waals surface area contributed by atoms with Gasteiger partial charge in [0.25, 0.3) is 11.8 Å². The summed E-state index contributed by atoms with van der Waals surface area (Å²) in [6.07, 6.45) is 1.03. The van der Waals surface area contributed by atoms with Crippen molar-refractivity contribution in [3.05, 3.63) is 74.9 Å². The number of amides is 2. The zero-order chi connectivity index (χ0) is 22.8. The van der Waals surface area contributed by atoms with Gasteiger partial charge in [-0.15, -0.1) is 0 Å². The van der Waals surface area contributed by atoms with Crippen molar-refractivity contribution in [2.45, 2.75) is 19.4 Å². The monoisotopic (exact) mass is 488 g/mol. The molecule has 2 heterocycles. The van der Waals surface area contributed by atoms with E-state index in [4.69, 9.17) is 23.2 Å². The minimum absolute atomic E-state index is 0.136. The lowest BCUT2D eigenvalue weighted by atomic mass is 9.93. The molecule has 2 aromatic rings. The first kappa shape index (κ1) is 22.7. The molecule has 0 spiro atoms. The van der Waals surface area contributed by atoms with E-state index in [1.54, 1.807) is 30.9 Å². The summed E-state index contributed by atoms with van der Waals surface area (Å²) in [4.78, 5) is 32.2. The number of halogens is 2. The van der Waals surface area contributed by atoms with Gasteiger partial charge in [0.2, 0.25) is 0 Å². The number of benzene rings is 2. The molecule has 1 atom stereocenters. The zero-order valence-corrected chi connectivity index (χ0v) is 19.9. The third-order valence-electron chi connectivity index (χ3n) is 5.40. The van der Waals surface area contributed by atoms with Crippen molar-refractivity contribution in [3.8, 4) is 0 Å². The smallest absolute Gasteiger partial charge is 0.255 e. The first-order valence-electron chi connectivity index (χ1n) is 10.2. The van der Waals surface area contributed by atoms with Crippen molar-refractivity contribution in [3.63, 3.8) is 0 Å². The third kappa shape index (κ3) is 4.51. The summed E-state index contributed by atoms with van der Waals surface area (Å²) in [5, 5.41) is 7.29. The van der Waals surface area contributed by atoms with Gasteiger partial charge >= 0.3 is 0 Å². The highest BCUT2D eigenvalue weighted by Crippen LogP contribution is 2.39. The van der Waals surface area contributed by atoms with E-state index in [-0.39, 0.29) is 17.9 Å². The number of nitrogens with one attached hydrogen (secondary N) is 2. The number of hydrogen-bond donors (Lipinski definition) is 2. The predicted molar refractivity (Wildman–Crippen MR) is 132 cm³/mol. The molecule has 2 N–H and O–H groups in total. The fourth-order valence-electron chi connectivity index (χ4n) is 3.83. The Morgan fingerprint density at radius 2 is 1.84 bits per heavy atom. The quantitative estimate of drug-likeness (QED) is 0.626. The van der Waals surface area contributed by atoms with Gasteiger partial charge in [-0.25, -0.2) is 4.99 Å². The Labute approximate surface area is 201 Å². The number of carbonyl (C=O) groups is 2. The number of rotatable bonds is 4. The molecule has 1 saturated heterocycles. The highest BCUT2D eigenvalue weighted by atomic mass is 35.5. The summed E-state index contributed by atoms with van der Waals surface area (Å²) < 4.78 is 0. The second-order valence-electron chi connectivity index (χ2n) is 7.48. The van der Waals surface area contributed by atoms with Crippen LogP contribution >= 0.6 is 35.0 Å². The number of fused-ring (bicyclic) bond motifs is 1. The van der Waals surface area contributed by atoms with E-state index < -0.39 is 0 Å². The van der Waals surface area contributed by atoms with Gasteiger partial charge < -0.3 is 15.5 Å². The summed E-state index contributed by atoms with van der Waals surface area (Å²) in [5.74, 6) is 0.602. The summed E-state index contributed by atoms with van der Waals surface area (Å²) in [6, 6.07) is 12.1. The van der Waals surface area contributed by atoms with Crippen molar-refractivity contribution in [1.82, 2.24) is 10.2 Å². The van der Waals surface area contributed by atoms with Crippen molar-refractivity contribution < 1.29 is 9.59 Å². The van der Waals surface area contributed by atoms with Gasteiger partial charge in [-0.1, -0.05) is 47.1 Å². The van der Waals surface area contributed by atoms with Crippen LogP contribution < -0.4 is 10.6 Å². The van der Waals surface area contributed by atoms with Gasteiger partial charge in [-0.2, -0.15) is 0 Å². The van der Waals surface area contributed by atoms with E-state index in [1.165, 1.54) is 6.07 Å². The van der Waals surface area contributed by atoms with Gasteiger partial charge in [0, 0.05) is 30.6 Å². The number of carbonyl (C=O) groups excluding carboxylic acids is 2. The van der Waals surface area contributed by atoms with E-state index in [9.17, 15) is 9.59 Å². The molecule has 2 amide bonds. The highest BCUT2D eigenvalue weighted by Gasteiger charge is 2.36. The van der Waals surface area contributed by atoms with Crippen molar-refractivity contribution in [1.29, 1.82) is 0 Å². The summed E-state index contributed by atoms with van der Waals surface area (Å²) in [5.41, 5.74) is 3.40. The number of allylic oxidation sites excluding steroid dienone is 1. The maximum atomic E-state index is 12.7. The Morgan fingerprint density at radius 1 is 1.09 bits per heavy atom. The Hall–Kier alpha value is -2.48. The molecule has 9 heteroatoms. The second-order valence-corrected chi connectivity index (χ2v) is 9.35. The maximum Gasteiger partial charge on any atom is 0.255 e. The van der Waals surface area contributed by atoms with E-state index in [1.807, 2.05) is 31.2 Å². The lowest BCUT2D eigenvalue weighted by Crippen LogP contribution is -2.43. The average Bonchev–Trinajstić information content (AvgIpc) is 2.80. The van der Waals surface area contributed by atoms with Crippen LogP contribution in [0.2, 0.25) is 10.0 Å². The second kappa shape index (κ2) is 9.57. The molecular formula is C23H22Cl2N4O2S. The normalized spacial score (nSPS) is 18.1. The topological polar surface area (TPSA) is 73.8 Å². The molecule has 0 bridgehead atoms. The molecule has 0 radical (unpaired) electrons. The van der Waals surface area contributed by atoms with Crippen LogP contribution in [-0.2, 0) is 4.79 Å². The Balaban J connectivity index is 1.60. The van der Waals surface area contributed by atoms with E-state index in [0.717, 1.165) is 35.1 Å². The van der Waals surface area contributed by atoms with Crippen molar-refractivity contribution in [2.75, 3.05) is 24.7 Å². The summed E-state index contributed by atoms with van der Waals surface area (Å²) in [7, 11) is 1.63. The van der Waals surface area contributed by atoms with E-state index in [2.05, 4.69) is 20.5 Å². The number of anilines is 1. The van der Waals surface area contributed by atoms with Crippen LogP contribution in [0.1, 0.15) is 35.3 Å². The minimum atomic E-state index is -0.280. The first-order chi connectivity index (χ1) is 15.4. The molecule has 4 rings (SSSR count). The molecule has 6 nitrogen and oxygen atoms in total. The molecule has 2 aliphatic rings. The van der Waals surface area contributed by atoms with Gasteiger partial charge in [0.1, 0.15) is 0 Å². The highest BCUT2D eigenvalue weighted by molar-refractivity contribution is 8.13. The van der Waals surface area contributed by atoms with Crippen LogP contribution in [0.5, 0.6) is 0 Å². The molecule has 166 valence electrons. The van der Waals surface area contributed by atoms with Crippen LogP contribution in [0.25, 0.3) is 0 Å². The Morgan fingerprint density at radius 3 is 2.53 bits per heavy atom. The van der Waals surface area contributed by atoms with E-state index in [0.29, 0.717) is 26.9 Å². The lowest BCUT2D eigenvalue weighted by Gasteiger charge is -2.40. The number of nitrogens with zero attached hydrogens (tertiary/aromatic N) is 2. The molecule has 2 aliphatic heterocycles. The molecule has 0 aromatic heterocycles. The van der Waals surface area contributed by atoms with Crippen molar-refractivity contribution in [2.24, 2.45) is 4.99 Å². The number of likely N-dealkylation sites (N-methyl/N-ethyl adjacent to an activating group) is 1. The lowest BCUT2D eigenvalue weighted by molar-refractivity contribution is -0.117. The Bertz CT molecular complexity index is 1130. The van der Waals surface area contributed by atoms with Gasteiger partial charge in [-0.05, 0) is 49.2 Å². The van der Waals surface area contributed by atoms with Crippen LogP contribution in [0.4, 0.5) is 5.69 Å². The maximum absolute atomic E-state index is 12.7. The molecule has 2 aromatic carbocycles. The third-order valence-corrected chi connectivity index (χ3v) is 7.21. The van der Waals surface area contributed by atoms with Gasteiger partial charge in [0.15, 0.2) is 5.17 Å². The average molecular weight is 489 g/mol. The number of aliphatic imine (C=N–C) groups is 1. The Kier molecular flexibility index (Phi) is 6.79. The molecule has 1 unspecified atom stereocenters. The van der Waals surface area contributed by atoms with Gasteiger partial charge in [0.05, 0.1) is 27.4 Å². The predicted octanol–water partition coefficient (Wildman–Crippen LogP) is 5.12. The van der Waals surface area contributed by atoms with E-state index >= 15 is 0 Å². The summed E-state index contributed by atoms with van der Waals surface area (Å²) in [6.45, 7) is 2.71. The zero-order valence-electron chi connectivity index (χ0n) is 17.6. The number of hydrogen-bond acceptors (Lipinski definition) is 5. The van der Waals surface area contributed by atoms with Crippen molar-refractivity contribution >= 4 is 57.6 Å². The molecule has 1 fully saturated rings. The fraction of sp³-hybridized carbons (Fsp3) is 0.261. The van der Waals surface area contributed by atoms with Crippen LogP contribution in [0.15, 0.2) is 58.7 Å². The van der Waals surface area contributed by atoms with Crippen LogP contribution in [0, 0.1) is 0 Å². The first-order valence-corrected chi connectivity index (χ1v) is 11.9.